The molecule has 0 radical (unpaired) electrons. The van der Waals surface area contributed by atoms with Crippen LogP contribution in [0.2, 0.25) is 0 Å². The first-order valence-electron chi connectivity index (χ1n) is 8.68. The van der Waals surface area contributed by atoms with Gasteiger partial charge in [0.25, 0.3) is 0 Å². The quantitative estimate of drug-likeness (QED) is 0.497. The molecule has 0 aliphatic heterocycles. The van der Waals surface area contributed by atoms with Gasteiger partial charge in [0.15, 0.2) is 0 Å². The molecular weight excluding hydrogens is 449 g/mol. The van der Waals surface area contributed by atoms with Crippen molar-refractivity contribution in [3.05, 3.63) is 75.5 Å². The molecule has 29 heavy (non-hydrogen) atoms. The first-order valence-corrected chi connectivity index (χ1v) is 9.47. The molecular formula is C20H18BrF3N4O. The van der Waals surface area contributed by atoms with E-state index >= 15 is 0 Å². The fraction of sp³-hybridized carbons (Fsp3) is 0.200. The average Bonchev–Trinajstić information content (AvgIpc) is 2.90. The number of benzene rings is 2. The van der Waals surface area contributed by atoms with E-state index < -0.39 is 17.8 Å². The predicted octanol–water partition coefficient (Wildman–Crippen LogP) is 5.97. The van der Waals surface area contributed by atoms with Crippen LogP contribution in [0.15, 0.2) is 53.0 Å². The van der Waals surface area contributed by atoms with Crippen LogP contribution in [-0.4, -0.2) is 15.8 Å². The Hall–Kier alpha value is -2.81. The number of aromatic nitrogens is 2. The van der Waals surface area contributed by atoms with Crippen molar-refractivity contribution in [2.45, 2.75) is 26.6 Å². The zero-order valence-electron chi connectivity index (χ0n) is 15.6. The molecule has 0 aliphatic rings. The third-order valence-corrected chi connectivity index (χ3v) is 4.87. The number of nitrogens with zero attached hydrogens (tertiary/aromatic N) is 2. The molecule has 2 aromatic carbocycles. The topological polar surface area (TPSA) is 59.0 Å². The fourth-order valence-electron chi connectivity index (χ4n) is 2.90. The molecule has 0 unspecified atom stereocenters. The lowest BCUT2D eigenvalue weighted by Gasteiger charge is -2.14. The first kappa shape index (κ1) is 20.9. The summed E-state index contributed by atoms with van der Waals surface area (Å²) >= 11 is 3.39. The zero-order chi connectivity index (χ0) is 21.2. The van der Waals surface area contributed by atoms with E-state index in [-0.39, 0.29) is 5.69 Å². The largest absolute Gasteiger partial charge is 0.418 e. The highest BCUT2D eigenvalue weighted by Gasteiger charge is 2.33. The van der Waals surface area contributed by atoms with Crippen LogP contribution in [0, 0.1) is 13.8 Å². The fourth-order valence-corrected chi connectivity index (χ4v) is 3.17. The lowest BCUT2D eigenvalue weighted by Crippen LogP contribution is -2.22. The van der Waals surface area contributed by atoms with E-state index in [1.165, 1.54) is 18.2 Å². The Labute approximate surface area is 174 Å². The Kier molecular flexibility index (Phi) is 5.97. The molecule has 3 rings (SSSR count). The van der Waals surface area contributed by atoms with Crippen LogP contribution in [0.4, 0.5) is 29.3 Å². The van der Waals surface area contributed by atoms with Gasteiger partial charge in [0.1, 0.15) is 0 Å². The Balaban J connectivity index is 1.76. The normalized spacial score (nSPS) is 11.4. The highest BCUT2D eigenvalue weighted by Crippen LogP contribution is 2.34. The van der Waals surface area contributed by atoms with Gasteiger partial charge in [-0.25, -0.2) is 4.79 Å². The summed E-state index contributed by atoms with van der Waals surface area (Å²) < 4.78 is 42.0. The number of carbonyl (C=O) groups excluding carboxylic acids is 1. The van der Waals surface area contributed by atoms with E-state index in [1.54, 1.807) is 18.5 Å². The molecule has 0 saturated carbocycles. The van der Waals surface area contributed by atoms with E-state index in [0.717, 1.165) is 16.1 Å². The highest BCUT2D eigenvalue weighted by atomic mass is 79.9. The second-order valence-corrected chi connectivity index (χ2v) is 7.37. The number of urea groups is 1. The number of rotatable bonds is 4. The van der Waals surface area contributed by atoms with E-state index in [2.05, 4.69) is 31.7 Å². The molecule has 1 heterocycles. The number of amides is 2. The van der Waals surface area contributed by atoms with Gasteiger partial charge in [0, 0.05) is 4.47 Å². The number of halogens is 4. The standard InChI is InChI=1S/C20H18BrF3N4O/c1-12-18(13(2)28(27-12)11-14-7-9-15(21)10-8-14)26-19(29)25-17-6-4-3-5-16(17)20(22,23)24/h3-10H,11H2,1-2H3,(H2,25,26,29). The molecule has 0 bridgehead atoms. The van der Waals surface area contributed by atoms with Crippen molar-refractivity contribution in [2.24, 2.45) is 0 Å². The summed E-state index contributed by atoms with van der Waals surface area (Å²) in [5, 5.41) is 9.31. The van der Waals surface area contributed by atoms with Crippen molar-refractivity contribution >= 4 is 33.3 Å². The number of carbonyl (C=O) groups is 1. The van der Waals surface area contributed by atoms with Crippen LogP contribution >= 0.6 is 15.9 Å². The van der Waals surface area contributed by atoms with Crippen molar-refractivity contribution in [2.75, 3.05) is 10.6 Å². The number of hydrogen-bond acceptors (Lipinski definition) is 2. The van der Waals surface area contributed by atoms with Crippen LogP contribution in [0.5, 0.6) is 0 Å². The minimum Gasteiger partial charge on any atom is -0.307 e. The maximum atomic E-state index is 13.1. The Morgan fingerprint density at radius 3 is 2.38 bits per heavy atom. The van der Waals surface area contributed by atoms with Crippen LogP contribution in [0.1, 0.15) is 22.5 Å². The van der Waals surface area contributed by atoms with Crippen molar-refractivity contribution in [3.63, 3.8) is 0 Å². The Morgan fingerprint density at radius 2 is 1.72 bits per heavy atom. The van der Waals surface area contributed by atoms with Crippen LogP contribution in [0.25, 0.3) is 0 Å². The number of aryl methyl sites for hydroxylation is 1. The van der Waals surface area contributed by atoms with E-state index in [0.29, 0.717) is 23.6 Å². The van der Waals surface area contributed by atoms with Crippen molar-refractivity contribution in [3.8, 4) is 0 Å². The molecule has 0 saturated heterocycles. The maximum Gasteiger partial charge on any atom is 0.418 e. The summed E-state index contributed by atoms with van der Waals surface area (Å²) in [4.78, 5) is 12.3. The summed E-state index contributed by atoms with van der Waals surface area (Å²) in [6.45, 7) is 4.02. The van der Waals surface area contributed by atoms with Crippen molar-refractivity contribution < 1.29 is 18.0 Å². The second-order valence-electron chi connectivity index (χ2n) is 6.45. The lowest BCUT2D eigenvalue weighted by atomic mass is 10.1. The van der Waals surface area contributed by atoms with Gasteiger partial charge < -0.3 is 10.6 Å². The van der Waals surface area contributed by atoms with Gasteiger partial charge in [0.05, 0.1) is 34.9 Å². The first-order chi connectivity index (χ1) is 13.6. The van der Waals surface area contributed by atoms with Crippen molar-refractivity contribution in [1.82, 2.24) is 9.78 Å². The summed E-state index contributed by atoms with van der Waals surface area (Å²) in [5.41, 5.74) is 1.53. The third kappa shape index (κ3) is 4.97. The molecule has 0 atom stereocenters. The lowest BCUT2D eigenvalue weighted by molar-refractivity contribution is -0.136. The highest BCUT2D eigenvalue weighted by molar-refractivity contribution is 9.10. The van der Waals surface area contributed by atoms with Gasteiger partial charge in [-0.2, -0.15) is 18.3 Å². The third-order valence-electron chi connectivity index (χ3n) is 4.35. The number of anilines is 2. The Bertz CT molecular complexity index is 1030. The molecule has 9 heteroatoms. The van der Waals surface area contributed by atoms with Gasteiger partial charge in [-0.3, -0.25) is 4.68 Å². The molecule has 3 aromatic rings. The van der Waals surface area contributed by atoms with Gasteiger partial charge in [0.2, 0.25) is 0 Å². The monoisotopic (exact) mass is 466 g/mol. The number of hydrogen-bond donors (Lipinski definition) is 2. The van der Waals surface area contributed by atoms with E-state index in [9.17, 15) is 18.0 Å². The summed E-state index contributed by atoms with van der Waals surface area (Å²) in [5.74, 6) is 0. The van der Waals surface area contributed by atoms with Gasteiger partial charge in [-0.15, -0.1) is 0 Å². The number of alkyl halides is 3. The molecule has 1 aromatic heterocycles. The molecule has 0 aliphatic carbocycles. The van der Waals surface area contributed by atoms with Crippen molar-refractivity contribution in [1.29, 1.82) is 0 Å². The zero-order valence-corrected chi connectivity index (χ0v) is 17.2. The molecule has 2 N–H and O–H groups in total. The number of nitrogens with one attached hydrogen (secondary N) is 2. The van der Waals surface area contributed by atoms with E-state index in [4.69, 9.17) is 0 Å². The molecule has 5 nitrogen and oxygen atoms in total. The molecule has 152 valence electrons. The average molecular weight is 467 g/mol. The van der Waals surface area contributed by atoms with E-state index in [1.807, 2.05) is 24.3 Å². The van der Waals surface area contributed by atoms with Crippen LogP contribution in [0.3, 0.4) is 0 Å². The summed E-state index contributed by atoms with van der Waals surface area (Å²) in [6.07, 6.45) is -4.56. The molecule has 2 amide bonds. The molecule has 0 fully saturated rings. The second kappa shape index (κ2) is 8.28. The predicted molar refractivity (Wildman–Crippen MR) is 109 cm³/mol. The smallest absolute Gasteiger partial charge is 0.307 e. The van der Waals surface area contributed by atoms with Crippen LogP contribution < -0.4 is 10.6 Å². The Morgan fingerprint density at radius 1 is 1.07 bits per heavy atom. The van der Waals surface area contributed by atoms with Crippen LogP contribution in [-0.2, 0) is 12.7 Å². The van der Waals surface area contributed by atoms with Gasteiger partial charge in [-0.1, -0.05) is 40.2 Å². The number of para-hydroxylation sites is 1. The van der Waals surface area contributed by atoms with Gasteiger partial charge in [-0.05, 0) is 43.7 Å². The summed E-state index contributed by atoms with van der Waals surface area (Å²) in [6, 6.07) is 11.8. The summed E-state index contributed by atoms with van der Waals surface area (Å²) in [7, 11) is 0. The minimum atomic E-state index is -4.56. The SMILES string of the molecule is Cc1nn(Cc2ccc(Br)cc2)c(C)c1NC(=O)Nc1ccccc1C(F)(F)F. The maximum absolute atomic E-state index is 13.1. The minimum absolute atomic E-state index is 0.310. The van der Waals surface area contributed by atoms with Gasteiger partial charge >= 0.3 is 12.2 Å². The molecule has 0 spiro atoms.